The van der Waals surface area contributed by atoms with Gasteiger partial charge in [0.05, 0.1) is 17.2 Å². The zero-order valence-electron chi connectivity index (χ0n) is 19.3. The van der Waals surface area contributed by atoms with Crippen molar-refractivity contribution < 1.29 is 9.53 Å². The van der Waals surface area contributed by atoms with Crippen LogP contribution >= 0.6 is 0 Å². The Bertz CT molecular complexity index is 909. The number of nitrogens with zero attached hydrogens (tertiary/aromatic N) is 1. The summed E-state index contributed by atoms with van der Waals surface area (Å²) < 4.78 is 5.44. The topological polar surface area (TPSA) is 50.1 Å². The molecule has 3 nitrogen and oxygen atoms in total. The predicted octanol–water partition coefficient (Wildman–Crippen LogP) is 7.66. The highest BCUT2D eigenvalue weighted by Gasteiger charge is 2.31. The van der Waals surface area contributed by atoms with Crippen LogP contribution in [0.1, 0.15) is 98.5 Å². The van der Waals surface area contributed by atoms with Gasteiger partial charge in [-0.25, -0.2) is 4.79 Å². The Morgan fingerprint density at radius 2 is 1.47 bits per heavy atom. The first kappa shape index (κ1) is 22.6. The Morgan fingerprint density at radius 1 is 0.875 bits per heavy atom. The summed E-state index contributed by atoms with van der Waals surface area (Å²) in [7, 11) is 0. The molecular formula is C29H35NO2. The van der Waals surface area contributed by atoms with Gasteiger partial charge in [0.2, 0.25) is 0 Å². The van der Waals surface area contributed by atoms with Gasteiger partial charge in [0.1, 0.15) is 5.75 Å². The van der Waals surface area contributed by atoms with E-state index < -0.39 is 0 Å². The molecule has 0 radical (unpaired) electrons. The second-order valence-electron chi connectivity index (χ2n) is 9.83. The first-order valence-electron chi connectivity index (χ1n) is 12.5. The summed E-state index contributed by atoms with van der Waals surface area (Å²) in [6.07, 6.45) is 13.8. The van der Waals surface area contributed by atoms with Crippen LogP contribution < -0.4 is 4.74 Å². The largest absolute Gasteiger partial charge is 0.423 e. The summed E-state index contributed by atoms with van der Waals surface area (Å²) in [6.45, 7) is 2.32. The van der Waals surface area contributed by atoms with Crippen molar-refractivity contribution in [2.45, 2.75) is 77.0 Å². The standard InChI is InChI=1S/C29H35NO2/c1-2-3-21-4-8-23(9-5-21)24-10-12-25(13-11-24)26-14-16-27(17-15-26)29(31)32-28-18-6-22(20-30)7-19-28/h6-7,14-19,21,23-25H,2-5,8-13H2,1H3. The molecule has 2 saturated carbocycles. The molecule has 0 aliphatic heterocycles. The van der Waals surface area contributed by atoms with Gasteiger partial charge in [-0.05, 0) is 104 Å². The van der Waals surface area contributed by atoms with Crippen LogP contribution in [0.25, 0.3) is 0 Å². The number of carbonyl (C=O) groups is 1. The van der Waals surface area contributed by atoms with E-state index in [0.29, 0.717) is 22.8 Å². The second-order valence-corrected chi connectivity index (χ2v) is 9.83. The molecule has 0 amide bonds. The maximum absolute atomic E-state index is 12.5. The summed E-state index contributed by atoms with van der Waals surface area (Å²) in [4.78, 5) is 12.5. The molecule has 0 unspecified atom stereocenters. The summed E-state index contributed by atoms with van der Waals surface area (Å²) in [5.74, 6) is 3.60. The minimum absolute atomic E-state index is 0.358. The van der Waals surface area contributed by atoms with Gasteiger partial charge in [-0.15, -0.1) is 0 Å². The molecule has 2 fully saturated rings. The molecular weight excluding hydrogens is 394 g/mol. The van der Waals surface area contributed by atoms with E-state index in [1.165, 1.54) is 69.8 Å². The number of carbonyl (C=O) groups excluding carboxylic acids is 1. The van der Waals surface area contributed by atoms with Gasteiger partial charge in [0.15, 0.2) is 0 Å². The molecule has 2 aromatic rings. The second kappa shape index (κ2) is 10.8. The molecule has 2 aliphatic rings. The smallest absolute Gasteiger partial charge is 0.343 e. The third-order valence-corrected chi connectivity index (χ3v) is 7.84. The third kappa shape index (κ3) is 5.60. The van der Waals surface area contributed by atoms with Crippen molar-refractivity contribution in [2.24, 2.45) is 17.8 Å². The van der Waals surface area contributed by atoms with Crippen molar-refractivity contribution in [3.05, 3.63) is 65.2 Å². The van der Waals surface area contributed by atoms with E-state index in [1.54, 1.807) is 24.3 Å². The van der Waals surface area contributed by atoms with Gasteiger partial charge in [-0.1, -0.05) is 44.7 Å². The molecule has 0 spiro atoms. The van der Waals surface area contributed by atoms with E-state index in [-0.39, 0.29) is 5.97 Å². The van der Waals surface area contributed by atoms with E-state index >= 15 is 0 Å². The fourth-order valence-corrected chi connectivity index (χ4v) is 5.94. The van der Waals surface area contributed by atoms with Gasteiger partial charge < -0.3 is 4.74 Å². The van der Waals surface area contributed by atoms with Crippen molar-refractivity contribution in [3.63, 3.8) is 0 Å². The lowest BCUT2D eigenvalue weighted by Crippen LogP contribution is -2.25. The molecule has 0 saturated heterocycles. The molecule has 0 N–H and O–H groups in total. The highest BCUT2D eigenvalue weighted by atomic mass is 16.5. The normalized spacial score (nSPS) is 25.6. The van der Waals surface area contributed by atoms with E-state index in [4.69, 9.17) is 10.00 Å². The van der Waals surface area contributed by atoms with Gasteiger partial charge in [0.25, 0.3) is 0 Å². The number of benzene rings is 2. The Kier molecular flexibility index (Phi) is 7.63. The number of ether oxygens (including phenoxy) is 1. The molecule has 32 heavy (non-hydrogen) atoms. The molecule has 2 aliphatic carbocycles. The van der Waals surface area contributed by atoms with Crippen LogP contribution in [0, 0.1) is 29.1 Å². The first-order chi connectivity index (χ1) is 15.7. The van der Waals surface area contributed by atoms with Crippen molar-refractivity contribution >= 4 is 5.97 Å². The number of hydrogen-bond acceptors (Lipinski definition) is 3. The van der Waals surface area contributed by atoms with Crippen LogP contribution in [0.3, 0.4) is 0 Å². The first-order valence-corrected chi connectivity index (χ1v) is 12.5. The van der Waals surface area contributed by atoms with Crippen molar-refractivity contribution in [1.29, 1.82) is 5.26 Å². The van der Waals surface area contributed by atoms with Gasteiger partial charge in [0, 0.05) is 0 Å². The lowest BCUT2D eigenvalue weighted by Gasteiger charge is -2.38. The highest BCUT2D eigenvalue weighted by molar-refractivity contribution is 5.91. The van der Waals surface area contributed by atoms with Crippen LogP contribution in [-0.4, -0.2) is 5.97 Å². The van der Waals surface area contributed by atoms with Crippen LogP contribution in [0.5, 0.6) is 5.75 Å². The third-order valence-electron chi connectivity index (χ3n) is 7.84. The van der Waals surface area contributed by atoms with Crippen molar-refractivity contribution in [1.82, 2.24) is 0 Å². The number of hydrogen-bond donors (Lipinski definition) is 0. The summed E-state index contributed by atoms with van der Waals surface area (Å²) in [5, 5.41) is 8.87. The van der Waals surface area contributed by atoms with Gasteiger partial charge in [-0.2, -0.15) is 5.26 Å². The van der Waals surface area contributed by atoms with E-state index in [1.807, 2.05) is 12.1 Å². The van der Waals surface area contributed by atoms with E-state index in [0.717, 1.165) is 17.8 Å². The molecule has 0 atom stereocenters. The predicted molar refractivity (Wildman–Crippen MR) is 128 cm³/mol. The molecule has 3 heteroatoms. The van der Waals surface area contributed by atoms with Crippen LogP contribution in [0.15, 0.2) is 48.5 Å². The lowest BCUT2D eigenvalue weighted by atomic mass is 9.68. The average molecular weight is 430 g/mol. The molecule has 0 aromatic heterocycles. The van der Waals surface area contributed by atoms with Crippen molar-refractivity contribution in [3.8, 4) is 11.8 Å². The molecule has 2 aromatic carbocycles. The Hall–Kier alpha value is -2.60. The number of nitriles is 1. The van der Waals surface area contributed by atoms with Crippen LogP contribution in [-0.2, 0) is 0 Å². The fraction of sp³-hybridized carbons (Fsp3) is 0.517. The summed E-state index contributed by atoms with van der Waals surface area (Å²) in [5.41, 5.74) is 2.47. The van der Waals surface area contributed by atoms with Gasteiger partial charge >= 0.3 is 5.97 Å². The van der Waals surface area contributed by atoms with E-state index in [2.05, 4.69) is 25.1 Å². The maximum atomic E-state index is 12.5. The van der Waals surface area contributed by atoms with Crippen LogP contribution in [0.4, 0.5) is 0 Å². The zero-order valence-corrected chi connectivity index (χ0v) is 19.3. The Morgan fingerprint density at radius 3 is 2.03 bits per heavy atom. The monoisotopic (exact) mass is 429 g/mol. The SMILES string of the molecule is CCCC1CCC(C2CCC(c3ccc(C(=O)Oc4ccc(C#N)cc4)cc3)CC2)CC1. The lowest BCUT2D eigenvalue weighted by molar-refractivity contribution is 0.0734. The maximum Gasteiger partial charge on any atom is 0.343 e. The quantitative estimate of drug-likeness (QED) is 0.350. The molecule has 0 heterocycles. The van der Waals surface area contributed by atoms with Crippen molar-refractivity contribution in [2.75, 3.05) is 0 Å². The van der Waals surface area contributed by atoms with Gasteiger partial charge in [-0.3, -0.25) is 0 Å². The summed E-state index contributed by atoms with van der Waals surface area (Å²) >= 11 is 0. The van der Waals surface area contributed by atoms with Crippen LogP contribution in [0.2, 0.25) is 0 Å². The fourth-order valence-electron chi connectivity index (χ4n) is 5.94. The number of esters is 1. The molecule has 168 valence electrons. The Balaban J connectivity index is 1.26. The minimum Gasteiger partial charge on any atom is -0.423 e. The highest BCUT2D eigenvalue weighted by Crippen LogP contribution is 2.44. The zero-order chi connectivity index (χ0) is 22.3. The summed E-state index contributed by atoms with van der Waals surface area (Å²) in [6, 6.07) is 16.7. The molecule has 0 bridgehead atoms. The minimum atomic E-state index is -0.358. The number of rotatable bonds is 6. The Labute approximate surface area is 192 Å². The van der Waals surface area contributed by atoms with E-state index in [9.17, 15) is 4.79 Å². The molecule has 4 rings (SSSR count). The average Bonchev–Trinajstić information content (AvgIpc) is 2.85.